The van der Waals surface area contributed by atoms with Crippen LogP contribution in [-0.4, -0.2) is 20.8 Å². The van der Waals surface area contributed by atoms with Crippen LogP contribution in [0.2, 0.25) is 0 Å². The van der Waals surface area contributed by atoms with Crippen molar-refractivity contribution >= 4 is 11.7 Å². The lowest BCUT2D eigenvalue weighted by molar-refractivity contribution is 0.251. The predicted molar refractivity (Wildman–Crippen MR) is 88.7 cm³/mol. The zero-order valence-electron chi connectivity index (χ0n) is 13.3. The van der Waals surface area contributed by atoms with Gasteiger partial charge in [0.15, 0.2) is 0 Å². The second-order valence-corrected chi connectivity index (χ2v) is 5.28. The van der Waals surface area contributed by atoms with Crippen molar-refractivity contribution in [2.75, 3.05) is 5.32 Å². The lowest BCUT2D eigenvalue weighted by atomic mass is 10.2. The Labute approximate surface area is 142 Å². The monoisotopic (exact) mass is 343 g/mol. The number of aromatic nitrogens is 3. The molecule has 0 atom stereocenters. The molecule has 8 heteroatoms. The standard InChI is InChI=1S/C17H15F2N5O/c1-24-15(11-5-7-20-8-6-11)9-12(23-24)10-21-17(25)22-16-13(18)3-2-4-14(16)19/h2-9H,10H2,1H3,(H2,21,22,25). The van der Waals surface area contributed by atoms with Crippen LogP contribution in [0, 0.1) is 11.6 Å². The van der Waals surface area contributed by atoms with Crippen LogP contribution in [-0.2, 0) is 13.6 Å². The van der Waals surface area contributed by atoms with Crippen LogP contribution in [0.5, 0.6) is 0 Å². The Morgan fingerprint density at radius 1 is 1.16 bits per heavy atom. The summed E-state index contributed by atoms with van der Waals surface area (Å²) < 4.78 is 28.7. The Bertz CT molecular complexity index is 875. The molecule has 0 aliphatic rings. The maximum Gasteiger partial charge on any atom is 0.319 e. The van der Waals surface area contributed by atoms with Crippen LogP contribution in [0.1, 0.15) is 5.69 Å². The van der Waals surface area contributed by atoms with E-state index in [1.54, 1.807) is 24.1 Å². The van der Waals surface area contributed by atoms with Gasteiger partial charge in [-0.1, -0.05) is 6.07 Å². The predicted octanol–water partition coefficient (Wildman–Crippen LogP) is 3.08. The molecule has 1 aromatic carbocycles. The van der Waals surface area contributed by atoms with E-state index in [0.717, 1.165) is 23.4 Å². The second kappa shape index (κ2) is 7.08. The largest absolute Gasteiger partial charge is 0.332 e. The van der Waals surface area contributed by atoms with Gasteiger partial charge in [0.05, 0.1) is 17.9 Å². The van der Waals surface area contributed by atoms with Gasteiger partial charge in [0.25, 0.3) is 0 Å². The minimum absolute atomic E-state index is 0.112. The molecule has 2 heterocycles. The van der Waals surface area contributed by atoms with Crippen molar-refractivity contribution in [3.8, 4) is 11.3 Å². The molecule has 0 saturated heterocycles. The lowest BCUT2D eigenvalue weighted by Crippen LogP contribution is -2.29. The molecule has 0 bridgehead atoms. The number of carbonyl (C=O) groups is 1. The molecule has 0 unspecified atom stereocenters. The van der Waals surface area contributed by atoms with E-state index < -0.39 is 23.4 Å². The highest BCUT2D eigenvalue weighted by Gasteiger charge is 2.13. The van der Waals surface area contributed by atoms with Gasteiger partial charge in [0.1, 0.15) is 17.3 Å². The number of carbonyl (C=O) groups excluding carboxylic acids is 1. The van der Waals surface area contributed by atoms with Crippen molar-refractivity contribution in [3.63, 3.8) is 0 Å². The van der Waals surface area contributed by atoms with Gasteiger partial charge < -0.3 is 10.6 Å². The van der Waals surface area contributed by atoms with Crippen molar-refractivity contribution in [1.29, 1.82) is 0 Å². The van der Waals surface area contributed by atoms with Crippen molar-refractivity contribution in [1.82, 2.24) is 20.1 Å². The molecular weight excluding hydrogens is 328 g/mol. The van der Waals surface area contributed by atoms with Crippen LogP contribution in [0.25, 0.3) is 11.3 Å². The molecule has 2 amide bonds. The number of halogens is 2. The van der Waals surface area contributed by atoms with E-state index in [1.165, 1.54) is 6.07 Å². The first-order chi connectivity index (χ1) is 12.0. The fraction of sp³-hybridized carbons (Fsp3) is 0.118. The summed E-state index contributed by atoms with van der Waals surface area (Å²) in [6.07, 6.45) is 3.35. The maximum absolute atomic E-state index is 13.5. The SMILES string of the molecule is Cn1nc(CNC(=O)Nc2c(F)cccc2F)cc1-c1ccncc1. The van der Waals surface area contributed by atoms with Crippen LogP contribution >= 0.6 is 0 Å². The number of amides is 2. The Hall–Kier alpha value is -3.29. The summed E-state index contributed by atoms with van der Waals surface area (Å²) in [5, 5.41) is 8.99. The van der Waals surface area contributed by atoms with Gasteiger partial charge in [-0.3, -0.25) is 9.67 Å². The number of nitrogens with zero attached hydrogens (tertiary/aromatic N) is 3. The van der Waals surface area contributed by atoms with Crippen LogP contribution < -0.4 is 10.6 Å². The molecule has 3 aromatic rings. The highest BCUT2D eigenvalue weighted by molar-refractivity contribution is 5.89. The van der Waals surface area contributed by atoms with Crippen molar-refractivity contribution < 1.29 is 13.6 Å². The van der Waals surface area contributed by atoms with E-state index in [0.29, 0.717) is 5.69 Å². The van der Waals surface area contributed by atoms with Gasteiger partial charge in [0.2, 0.25) is 0 Å². The molecule has 25 heavy (non-hydrogen) atoms. The highest BCUT2D eigenvalue weighted by atomic mass is 19.1. The van der Waals surface area contributed by atoms with Crippen LogP contribution in [0.3, 0.4) is 0 Å². The Morgan fingerprint density at radius 2 is 1.84 bits per heavy atom. The van der Waals surface area contributed by atoms with Gasteiger partial charge in [-0.15, -0.1) is 0 Å². The summed E-state index contributed by atoms with van der Waals surface area (Å²) in [4.78, 5) is 15.8. The molecule has 0 aliphatic heterocycles. The maximum atomic E-state index is 13.5. The van der Waals surface area contributed by atoms with Gasteiger partial charge in [-0.25, -0.2) is 13.6 Å². The Balaban J connectivity index is 1.65. The first kappa shape index (κ1) is 16.6. The summed E-state index contributed by atoms with van der Waals surface area (Å²) in [5.41, 5.74) is 1.92. The van der Waals surface area contributed by atoms with E-state index in [2.05, 4.69) is 20.7 Å². The van der Waals surface area contributed by atoms with Gasteiger partial charge in [-0.2, -0.15) is 5.10 Å². The summed E-state index contributed by atoms with van der Waals surface area (Å²) in [5.74, 6) is -1.68. The topological polar surface area (TPSA) is 71.8 Å². The number of nitrogens with one attached hydrogen (secondary N) is 2. The minimum Gasteiger partial charge on any atom is -0.332 e. The number of hydrogen-bond acceptors (Lipinski definition) is 3. The number of aryl methyl sites for hydroxylation is 1. The van der Waals surface area contributed by atoms with E-state index in [-0.39, 0.29) is 6.54 Å². The summed E-state index contributed by atoms with van der Waals surface area (Å²) in [6, 6.07) is 8.16. The molecule has 0 aliphatic carbocycles. The van der Waals surface area contributed by atoms with Crippen molar-refractivity contribution in [2.45, 2.75) is 6.54 Å². The molecule has 0 saturated carbocycles. The number of hydrogen-bond donors (Lipinski definition) is 2. The fourth-order valence-corrected chi connectivity index (χ4v) is 2.35. The second-order valence-electron chi connectivity index (χ2n) is 5.28. The average molecular weight is 343 g/mol. The van der Waals surface area contributed by atoms with E-state index >= 15 is 0 Å². The molecule has 0 spiro atoms. The third-order valence-corrected chi connectivity index (χ3v) is 3.54. The molecule has 6 nitrogen and oxygen atoms in total. The normalized spacial score (nSPS) is 10.5. The zero-order valence-corrected chi connectivity index (χ0v) is 13.3. The minimum atomic E-state index is -0.840. The molecular formula is C17H15F2N5O. The quantitative estimate of drug-likeness (QED) is 0.765. The first-order valence-electron chi connectivity index (χ1n) is 7.47. The smallest absolute Gasteiger partial charge is 0.319 e. The van der Waals surface area contributed by atoms with Crippen molar-refractivity contribution in [3.05, 3.63) is 66.1 Å². The number of rotatable bonds is 4. The van der Waals surface area contributed by atoms with Gasteiger partial charge in [0, 0.05) is 25.0 Å². The highest BCUT2D eigenvalue weighted by Crippen LogP contribution is 2.19. The zero-order chi connectivity index (χ0) is 17.8. The summed E-state index contributed by atoms with van der Waals surface area (Å²) in [6.45, 7) is 0.112. The van der Waals surface area contributed by atoms with Crippen molar-refractivity contribution in [2.24, 2.45) is 7.05 Å². The summed E-state index contributed by atoms with van der Waals surface area (Å²) >= 11 is 0. The van der Waals surface area contributed by atoms with Gasteiger partial charge >= 0.3 is 6.03 Å². The molecule has 0 radical (unpaired) electrons. The number of para-hydroxylation sites is 1. The fourth-order valence-electron chi connectivity index (χ4n) is 2.35. The van der Waals surface area contributed by atoms with E-state index in [1.807, 2.05) is 18.2 Å². The molecule has 0 fully saturated rings. The van der Waals surface area contributed by atoms with E-state index in [9.17, 15) is 13.6 Å². The third kappa shape index (κ3) is 3.79. The molecule has 128 valence electrons. The Morgan fingerprint density at radius 3 is 2.52 bits per heavy atom. The van der Waals surface area contributed by atoms with E-state index in [4.69, 9.17) is 0 Å². The average Bonchev–Trinajstić information content (AvgIpc) is 2.98. The Kier molecular flexibility index (Phi) is 4.69. The first-order valence-corrected chi connectivity index (χ1v) is 7.47. The lowest BCUT2D eigenvalue weighted by Gasteiger charge is -2.08. The molecule has 3 rings (SSSR count). The number of anilines is 1. The molecule has 2 aromatic heterocycles. The summed E-state index contributed by atoms with van der Waals surface area (Å²) in [7, 11) is 1.79. The third-order valence-electron chi connectivity index (χ3n) is 3.54. The van der Waals surface area contributed by atoms with Crippen LogP contribution in [0.4, 0.5) is 19.3 Å². The number of urea groups is 1. The van der Waals surface area contributed by atoms with Gasteiger partial charge in [-0.05, 0) is 30.3 Å². The molecule has 2 N–H and O–H groups in total. The van der Waals surface area contributed by atoms with Crippen LogP contribution in [0.15, 0.2) is 48.8 Å². The number of pyridine rings is 1. The number of benzene rings is 1.